The second kappa shape index (κ2) is 2.81. The zero-order chi connectivity index (χ0) is 9.42. The number of ether oxygens (including phenoxy) is 1. The average Bonchev–Trinajstić information content (AvgIpc) is 2.02. The summed E-state index contributed by atoms with van der Waals surface area (Å²) in [6, 6.07) is 0. The first kappa shape index (κ1) is 8.19. The van der Waals surface area contributed by atoms with E-state index in [2.05, 4.69) is 9.73 Å². The van der Waals surface area contributed by atoms with Crippen LogP contribution in [0.2, 0.25) is 0 Å². The molecule has 0 saturated heterocycles. The van der Waals surface area contributed by atoms with Gasteiger partial charge in [-0.25, -0.2) is 4.79 Å². The second-order valence-corrected chi connectivity index (χ2v) is 3.00. The van der Waals surface area contributed by atoms with Gasteiger partial charge < -0.3 is 4.74 Å². The first-order chi connectivity index (χ1) is 6.18. The van der Waals surface area contributed by atoms with Gasteiger partial charge in [-0.15, -0.1) is 0 Å². The molecule has 0 radical (unpaired) electrons. The van der Waals surface area contributed by atoms with Crippen LogP contribution in [-0.4, -0.2) is 17.8 Å². The van der Waals surface area contributed by atoms with Gasteiger partial charge in [-0.1, -0.05) is 17.7 Å². The molecule has 1 atom stereocenters. The highest BCUT2D eigenvalue weighted by atomic mass is 35.5. The molecule has 0 saturated carbocycles. The van der Waals surface area contributed by atoms with Crippen molar-refractivity contribution in [3.05, 3.63) is 23.3 Å². The van der Waals surface area contributed by atoms with E-state index in [1.54, 1.807) is 18.2 Å². The fourth-order valence-corrected chi connectivity index (χ4v) is 1.45. The fraction of sp³-hybridized carbons (Fsp3) is 0.125. The Morgan fingerprint density at radius 1 is 1.46 bits per heavy atom. The molecule has 5 heteroatoms. The SMILES string of the molecule is O=C1N=C2C=CC=C(Cl)C2C(=O)O1. The van der Waals surface area contributed by atoms with E-state index >= 15 is 0 Å². The zero-order valence-electron chi connectivity index (χ0n) is 6.36. The molecule has 0 bridgehead atoms. The van der Waals surface area contributed by atoms with Crippen molar-refractivity contribution in [1.82, 2.24) is 0 Å². The molecule has 0 aromatic rings. The van der Waals surface area contributed by atoms with Crippen LogP contribution in [0.15, 0.2) is 28.3 Å². The molecule has 1 aliphatic carbocycles. The van der Waals surface area contributed by atoms with Crippen molar-refractivity contribution in [1.29, 1.82) is 0 Å². The largest absolute Gasteiger partial charge is 0.441 e. The molecule has 0 aromatic heterocycles. The maximum absolute atomic E-state index is 11.2. The summed E-state index contributed by atoms with van der Waals surface area (Å²) in [4.78, 5) is 25.4. The van der Waals surface area contributed by atoms with Crippen molar-refractivity contribution < 1.29 is 14.3 Å². The molecule has 1 heterocycles. The molecule has 66 valence electrons. The summed E-state index contributed by atoms with van der Waals surface area (Å²) in [6.45, 7) is 0. The quantitative estimate of drug-likeness (QED) is 0.436. The number of hydrogen-bond acceptors (Lipinski definition) is 3. The topological polar surface area (TPSA) is 55.7 Å². The molecule has 1 aliphatic heterocycles. The van der Waals surface area contributed by atoms with Crippen molar-refractivity contribution in [3.8, 4) is 0 Å². The van der Waals surface area contributed by atoms with Crippen LogP contribution in [0.5, 0.6) is 0 Å². The zero-order valence-corrected chi connectivity index (χ0v) is 7.12. The van der Waals surface area contributed by atoms with E-state index in [4.69, 9.17) is 11.6 Å². The summed E-state index contributed by atoms with van der Waals surface area (Å²) >= 11 is 5.75. The normalized spacial score (nSPS) is 26.1. The highest BCUT2D eigenvalue weighted by molar-refractivity contribution is 6.36. The standard InChI is InChI=1S/C8H4ClNO3/c9-4-2-1-3-5-6(4)7(11)13-8(12)10-5/h1-3,6H. The Morgan fingerprint density at radius 3 is 3.00 bits per heavy atom. The van der Waals surface area contributed by atoms with Crippen molar-refractivity contribution in [3.63, 3.8) is 0 Å². The van der Waals surface area contributed by atoms with Crippen LogP contribution in [0.25, 0.3) is 0 Å². The Bertz CT molecular complexity index is 381. The van der Waals surface area contributed by atoms with Gasteiger partial charge >= 0.3 is 12.1 Å². The molecule has 1 amide bonds. The monoisotopic (exact) mass is 197 g/mol. The molecule has 0 fully saturated rings. The number of hydrogen-bond donors (Lipinski definition) is 0. The number of carbonyl (C=O) groups excluding carboxylic acids is 2. The van der Waals surface area contributed by atoms with Crippen molar-refractivity contribution >= 4 is 29.4 Å². The molecule has 13 heavy (non-hydrogen) atoms. The van der Waals surface area contributed by atoms with Gasteiger partial charge in [0, 0.05) is 5.03 Å². The lowest BCUT2D eigenvalue weighted by molar-refractivity contribution is -0.138. The fourth-order valence-electron chi connectivity index (χ4n) is 1.18. The summed E-state index contributed by atoms with van der Waals surface area (Å²) in [5, 5.41) is 0.318. The molecular formula is C8H4ClNO3. The minimum absolute atomic E-state index is 0.318. The third kappa shape index (κ3) is 1.29. The first-order valence-electron chi connectivity index (χ1n) is 3.56. The molecule has 1 unspecified atom stereocenters. The van der Waals surface area contributed by atoms with Crippen LogP contribution in [-0.2, 0) is 9.53 Å². The number of amides is 1. The van der Waals surface area contributed by atoms with E-state index in [9.17, 15) is 9.59 Å². The maximum Gasteiger partial charge on any atom is 0.441 e. The summed E-state index contributed by atoms with van der Waals surface area (Å²) in [7, 11) is 0. The molecule has 0 N–H and O–H groups in total. The predicted molar refractivity (Wildman–Crippen MR) is 45.5 cm³/mol. The van der Waals surface area contributed by atoms with Crippen LogP contribution < -0.4 is 0 Å². The minimum atomic E-state index is -0.882. The second-order valence-electron chi connectivity index (χ2n) is 2.57. The highest BCUT2D eigenvalue weighted by Gasteiger charge is 2.35. The van der Waals surface area contributed by atoms with Crippen LogP contribution >= 0.6 is 11.6 Å². The number of aliphatic imine (C=N–C) groups is 1. The Kier molecular flexibility index (Phi) is 1.77. The molecule has 4 nitrogen and oxygen atoms in total. The highest BCUT2D eigenvalue weighted by Crippen LogP contribution is 2.26. The maximum atomic E-state index is 11.2. The number of allylic oxidation sites excluding steroid dienone is 3. The lowest BCUT2D eigenvalue weighted by Gasteiger charge is -2.19. The van der Waals surface area contributed by atoms with Crippen LogP contribution in [0, 0.1) is 5.92 Å². The number of rotatable bonds is 0. The summed E-state index contributed by atoms with van der Waals surface area (Å²) < 4.78 is 4.30. The van der Waals surface area contributed by atoms with Gasteiger partial charge in [0.15, 0.2) is 0 Å². The van der Waals surface area contributed by atoms with Crippen LogP contribution in [0.1, 0.15) is 0 Å². The molecule has 0 aromatic carbocycles. The molecule has 0 spiro atoms. The molecular weight excluding hydrogens is 194 g/mol. The Balaban J connectivity index is 2.48. The van der Waals surface area contributed by atoms with Gasteiger partial charge in [0.1, 0.15) is 5.92 Å². The number of esters is 1. The molecule has 2 rings (SSSR count). The lowest BCUT2D eigenvalue weighted by Crippen LogP contribution is -2.33. The van der Waals surface area contributed by atoms with E-state index in [1.807, 2.05) is 0 Å². The van der Waals surface area contributed by atoms with Crippen molar-refractivity contribution in [2.75, 3.05) is 0 Å². The minimum Gasteiger partial charge on any atom is -0.374 e. The smallest absolute Gasteiger partial charge is 0.374 e. The van der Waals surface area contributed by atoms with E-state index in [1.165, 1.54) is 0 Å². The summed E-state index contributed by atoms with van der Waals surface area (Å²) in [5.41, 5.74) is 0.341. The van der Waals surface area contributed by atoms with E-state index in [0.29, 0.717) is 10.7 Å². The first-order valence-corrected chi connectivity index (χ1v) is 3.94. The Hall–Kier alpha value is -1.42. The van der Waals surface area contributed by atoms with Gasteiger partial charge in [-0.3, -0.25) is 4.79 Å². The number of carbonyl (C=O) groups is 2. The lowest BCUT2D eigenvalue weighted by atomic mass is 9.97. The number of fused-ring (bicyclic) bond motifs is 1. The number of halogens is 1. The third-order valence-corrected chi connectivity index (χ3v) is 2.08. The van der Waals surface area contributed by atoms with Gasteiger partial charge in [-0.05, 0) is 12.2 Å². The van der Waals surface area contributed by atoms with Crippen LogP contribution in [0.3, 0.4) is 0 Å². The third-order valence-electron chi connectivity index (χ3n) is 1.74. The van der Waals surface area contributed by atoms with Crippen molar-refractivity contribution in [2.45, 2.75) is 0 Å². The van der Waals surface area contributed by atoms with Gasteiger partial charge in [0.05, 0.1) is 5.71 Å². The number of nitrogens with zero attached hydrogens (tertiary/aromatic N) is 1. The van der Waals surface area contributed by atoms with Gasteiger partial charge in [0.25, 0.3) is 0 Å². The van der Waals surface area contributed by atoms with Gasteiger partial charge in [-0.2, -0.15) is 4.99 Å². The summed E-state index contributed by atoms with van der Waals surface area (Å²) in [5.74, 6) is -1.38. The van der Waals surface area contributed by atoms with E-state index in [-0.39, 0.29) is 0 Å². The summed E-state index contributed by atoms with van der Waals surface area (Å²) in [6.07, 6.45) is 3.88. The number of cyclic esters (lactones) is 2. The van der Waals surface area contributed by atoms with Crippen molar-refractivity contribution in [2.24, 2.45) is 10.9 Å². The van der Waals surface area contributed by atoms with Gasteiger partial charge in [0.2, 0.25) is 0 Å². The van der Waals surface area contributed by atoms with E-state index in [0.717, 1.165) is 0 Å². The molecule has 2 aliphatic rings. The Morgan fingerprint density at radius 2 is 2.23 bits per heavy atom. The van der Waals surface area contributed by atoms with Crippen LogP contribution in [0.4, 0.5) is 4.79 Å². The predicted octanol–water partition coefficient (Wildman–Crippen LogP) is 1.41. The Labute approximate surface area is 78.5 Å². The van der Waals surface area contributed by atoms with E-state index < -0.39 is 18.0 Å². The average molecular weight is 198 g/mol.